The third-order valence-corrected chi connectivity index (χ3v) is 2.02. The third kappa shape index (κ3) is 0.956. The molecule has 0 amide bonds. The first kappa shape index (κ1) is 5.65. The van der Waals surface area contributed by atoms with Gasteiger partial charge in [-0.3, -0.25) is 4.90 Å². The summed E-state index contributed by atoms with van der Waals surface area (Å²) in [5.41, 5.74) is 0. The Balaban J connectivity index is 1.97. The molecule has 2 aliphatic rings. The number of rotatable bonds is 0. The quantitative estimate of drug-likeness (QED) is 0.402. The zero-order valence-corrected chi connectivity index (χ0v) is 5.45. The van der Waals surface area contributed by atoms with E-state index in [9.17, 15) is 0 Å². The maximum atomic E-state index is 4.32. The van der Waals surface area contributed by atoms with Crippen molar-refractivity contribution in [2.75, 3.05) is 32.8 Å². The molecule has 0 spiro atoms. The Morgan fingerprint density at radius 3 is 3.00 bits per heavy atom. The fraction of sp³-hybridized carbons (Fsp3) is 1.00. The normalized spacial score (nSPS) is 36.7. The Morgan fingerprint density at radius 2 is 2.11 bits per heavy atom. The number of piperazine rings is 1. The molecule has 50 valence electrons. The lowest BCUT2D eigenvalue weighted by Crippen LogP contribution is -2.45. The number of hydrogen-bond acceptors (Lipinski definition) is 1. The highest BCUT2D eigenvalue weighted by molar-refractivity contribution is 4.84. The van der Waals surface area contributed by atoms with Gasteiger partial charge in [-0.15, -0.1) is 0 Å². The van der Waals surface area contributed by atoms with Crippen LogP contribution in [0.5, 0.6) is 0 Å². The molecular weight excluding hydrogens is 114 g/mol. The highest BCUT2D eigenvalue weighted by Crippen LogP contribution is 2.07. The fourth-order valence-electron chi connectivity index (χ4n) is 1.43. The molecule has 9 heavy (non-hydrogen) atoms. The van der Waals surface area contributed by atoms with Crippen molar-refractivity contribution >= 4 is 0 Å². The van der Waals surface area contributed by atoms with E-state index in [1.54, 1.807) is 0 Å². The summed E-state index contributed by atoms with van der Waals surface area (Å²) in [4.78, 5) is 2.41. The Morgan fingerprint density at radius 1 is 1.22 bits per heavy atom. The molecule has 0 aromatic carbocycles. The van der Waals surface area contributed by atoms with Gasteiger partial charge in [0.15, 0.2) is 0 Å². The van der Waals surface area contributed by atoms with Crippen LogP contribution in [0.25, 0.3) is 0 Å². The van der Waals surface area contributed by atoms with E-state index >= 15 is 0 Å². The standard InChI is InChI=1S/C6H11N3/c1-2-9-5-8-4-6(9)3-7-1/h6H,1-5H2. The molecule has 1 atom stereocenters. The van der Waals surface area contributed by atoms with Crippen LogP contribution in [0, 0.1) is 0 Å². The molecule has 2 radical (unpaired) electrons. The van der Waals surface area contributed by atoms with E-state index in [4.69, 9.17) is 0 Å². The summed E-state index contributed by atoms with van der Waals surface area (Å²) in [6, 6.07) is 0.666. The van der Waals surface area contributed by atoms with Crippen molar-refractivity contribution in [1.29, 1.82) is 0 Å². The van der Waals surface area contributed by atoms with E-state index in [-0.39, 0.29) is 0 Å². The topological polar surface area (TPSA) is 31.4 Å². The predicted molar refractivity (Wildman–Crippen MR) is 34.2 cm³/mol. The van der Waals surface area contributed by atoms with E-state index in [0.29, 0.717) is 6.04 Å². The highest BCUT2D eigenvalue weighted by Gasteiger charge is 2.27. The molecule has 2 aliphatic heterocycles. The van der Waals surface area contributed by atoms with Crippen molar-refractivity contribution in [3.05, 3.63) is 0 Å². The summed E-state index contributed by atoms with van der Waals surface area (Å²) >= 11 is 0. The fourth-order valence-corrected chi connectivity index (χ4v) is 1.43. The van der Waals surface area contributed by atoms with E-state index < -0.39 is 0 Å². The van der Waals surface area contributed by atoms with Crippen LogP contribution < -0.4 is 10.6 Å². The van der Waals surface area contributed by atoms with Crippen LogP contribution in [-0.4, -0.2) is 43.8 Å². The minimum atomic E-state index is 0.666. The third-order valence-electron chi connectivity index (χ3n) is 2.02. The van der Waals surface area contributed by atoms with E-state index in [2.05, 4.69) is 15.5 Å². The maximum Gasteiger partial charge on any atom is 0.0653 e. The molecule has 2 saturated heterocycles. The molecule has 0 N–H and O–H groups in total. The van der Waals surface area contributed by atoms with Gasteiger partial charge in [-0.05, 0) is 0 Å². The van der Waals surface area contributed by atoms with Gasteiger partial charge in [0.1, 0.15) is 0 Å². The van der Waals surface area contributed by atoms with Crippen molar-refractivity contribution in [2.45, 2.75) is 6.04 Å². The SMILES string of the molecule is C1CN2C[N]CC2C[N]1. The lowest BCUT2D eigenvalue weighted by molar-refractivity contribution is 0.214. The van der Waals surface area contributed by atoms with E-state index in [1.165, 1.54) is 0 Å². The van der Waals surface area contributed by atoms with Crippen LogP contribution >= 0.6 is 0 Å². The Bertz CT molecular complexity index is 92.5. The van der Waals surface area contributed by atoms with Crippen molar-refractivity contribution in [1.82, 2.24) is 15.5 Å². The second-order valence-electron chi connectivity index (χ2n) is 2.64. The van der Waals surface area contributed by atoms with Gasteiger partial charge in [-0.25, -0.2) is 10.6 Å². The van der Waals surface area contributed by atoms with Crippen molar-refractivity contribution in [2.24, 2.45) is 0 Å². The van der Waals surface area contributed by atoms with Gasteiger partial charge in [0.2, 0.25) is 0 Å². The Labute approximate surface area is 55.4 Å². The van der Waals surface area contributed by atoms with Gasteiger partial charge in [0, 0.05) is 32.2 Å². The predicted octanol–water partition coefficient (Wildman–Crippen LogP) is -1.15. The lowest BCUT2D eigenvalue weighted by atomic mass is 10.2. The second-order valence-corrected chi connectivity index (χ2v) is 2.64. The first-order valence-electron chi connectivity index (χ1n) is 3.47. The van der Waals surface area contributed by atoms with Crippen LogP contribution in [0.3, 0.4) is 0 Å². The summed E-state index contributed by atoms with van der Waals surface area (Å²) < 4.78 is 0. The zero-order valence-electron chi connectivity index (χ0n) is 5.45. The molecule has 3 heteroatoms. The van der Waals surface area contributed by atoms with Crippen LogP contribution in [0.1, 0.15) is 0 Å². The second kappa shape index (κ2) is 2.25. The summed E-state index contributed by atoms with van der Waals surface area (Å²) in [6.45, 7) is 5.15. The zero-order chi connectivity index (χ0) is 6.10. The first-order valence-corrected chi connectivity index (χ1v) is 3.47. The van der Waals surface area contributed by atoms with Crippen molar-refractivity contribution in [3.8, 4) is 0 Å². The van der Waals surface area contributed by atoms with Crippen molar-refractivity contribution < 1.29 is 0 Å². The minimum Gasteiger partial charge on any atom is -0.282 e. The smallest absolute Gasteiger partial charge is 0.0653 e. The molecule has 0 saturated carbocycles. The summed E-state index contributed by atoms with van der Waals surface area (Å²) in [6.07, 6.45) is 0. The monoisotopic (exact) mass is 125 g/mol. The molecule has 0 aromatic rings. The lowest BCUT2D eigenvalue weighted by Gasteiger charge is -2.27. The van der Waals surface area contributed by atoms with Gasteiger partial charge in [-0.1, -0.05) is 0 Å². The van der Waals surface area contributed by atoms with Crippen LogP contribution in [-0.2, 0) is 0 Å². The largest absolute Gasteiger partial charge is 0.282 e. The Hall–Kier alpha value is -0.120. The first-order chi connectivity index (χ1) is 4.47. The van der Waals surface area contributed by atoms with Crippen LogP contribution in [0.2, 0.25) is 0 Å². The van der Waals surface area contributed by atoms with Crippen LogP contribution in [0.4, 0.5) is 0 Å². The average molecular weight is 125 g/mol. The van der Waals surface area contributed by atoms with Crippen LogP contribution in [0.15, 0.2) is 0 Å². The van der Waals surface area contributed by atoms with Gasteiger partial charge < -0.3 is 0 Å². The highest BCUT2D eigenvalue weighted by atomic mass is 15.3. The molecule has 3 nitrogen and oxygen atoms in total. The van der Waals surface area contributed by atoms with Gasteiger partial charge in [0.05, 0.1) is 6.67 Å². The van der Waals surface area contributed by atoms with Gasteiger partial charge in [-0.2, -0.15) is 0 Å². The maximum absolute atomic E-state index is 4.32. The molecule has 0 aliphatic carbocycles. The number of nitrogens with zero attached hydrogens (tertiary/aromatic N) is 3. The molecule has 0 bridgehead atoms. The van der Waals surface area contributed by atoms with Gasteiger partial charge >= 0.3 is 0 Å². The molecule has 0 aromatic heterocycles. The molecule has 2 rings (SSSR count). The molecule has 1 unspecified atom stereocenters. The average Bonchev–Trinajstić information content (AvgIpc) is 2.33. The number of hydrogen-bond donors (Lipinski definition) is 0. The summed E-state index contributed by atoms with van der Waals surface area (Å²) in [7, 11) is 0. The molecular formula is C6H11N3. The van der Waals surface area contributed by atoms with E-state index in [1.807, 2.05) is 0 Å². The van der Waals surface area contributed by atoms with Crippen molar-refractivity contribution in [3.63, 3.8) is 0 Å². The molecule has 2 heterocycles. The van der Waals surface area contributed by atoms with Gasteiger partial charge in [0.25, 0.3) is 0 Å². The minimum absolute atomic E-state index is 0.666. The number of fused-ring (bicyclic) bond motifs is 1. The summed E-state index contributed by atoms with van der Waals surface area (Å²) in [5, 5.41) is 8.61. The Kier molecular flexibility index (Phi) is 1.41. The molecule has 2 fully saturated rings. The summed E-state index contributed by atoms with van der Waals surface area (Å²) in [5.74, 6) is 0. The van der Waals surface area contributed by atoms with E-state index in [0.717, 1.165) is 32.8 Å².